The minimum Gasteiger partial charge on any atom is -0.508 e. The van der Waals surface area contributed by atoms with Gasteiger partial charge in [0.05, 0.1) is 23.7 Å². The van der Waals surface area contributed by atoms with Crippen LogP contribution in [0.15, 0.2) is 291 Å². The topological polar surface area (TPSA) is 442 Å². The van der Waals surface area contributed by atoms with Gasteiger partial charge >= 0.3 is 0 Å². The van der Waals surface area contributed by atoms with Crippen LogP contribution in [0.2, 0.25) is 0 Å². The molecule has 7 aliphatic rings. The zero-order chi connectivity index (χ0) is 93.7. The van der Waals surface area contributed by atoms with E-state index in [-0.39, 0.29) is 165 Å². The van der Waals surface area contributed by atoms with Gasteiger partial charge in [0.2, 0.25) is 0 Å². The Morgan fingerprint density at radius 3 is 0.890 bits per heavy atom. The van der Waals surface area contributed by atoms with E-state index in [0.717, 1.165) is 12.1 Å². The van der Waals surface area contributed by atoms with Crippen molar-refractivity contribution in [2.45, 2.75) is 95.4 Å². The van der Waals surface area contributed by atoms with Crippen molar-refractivity contribution in [3.05, 3.63) is 425 Å². The van der Waals surface area contributed by atoms with Gasteiger partial charge in [0, 0.05) is 134 Å². The molecule has 0 saturated carbocycles. The number of rotatable bonds is 14. The van der Waals surface area contributed by atoms with Crippen LogP contribution in [0.5, 0.6) is 138 Å². The number of fused-ring (bicyclic) bond motifs is 8. The Kier molecular flexibility index (Phi) is 19.1. The molecule has 0 bridgehead atoms. The number of phenolic OH excluding ortho intramolecular Hbond substituents is 20. The standard InChI is InChI=1S/C112H84O24/c113-59-17-1-49(2-18-59)87-93-75(39-71(125)43-80(93)129)100-96-78(42-74(128)46-85(96)134-110(100)55-13-29-65(119)30-14-55)97(87)98-79-47-82(131)104(112-102(79)101(111(136-112)56-15-31-66(120)32-16-56)76-40-72(126)44-81(130)94(76)88(98)50-3-19-60(114)20-4-50)90(52-7-23-62(116)24-8-52)106-89(51-5-21-61(115)22-6-51)99(77-41-73(127)45-84-95(77)91(57-33-67(121)37-68(122)34-57)108(133-84)53-9-25-63(117)26-10-53)103-83(132)48-86-105(107(103)106)92(58-35-69(123)38-70(124)36-58)109(135-86)54-11-27-64(118)28-12-54/h1-48,87-92,97-101,106,108-111,113-132H/t87-,88-,89-,90?,91+,92+,97-,98-,99-,100-,101-,106-,108-,109-,110+,111+/m0/s1. The average Bonchev–Trinajstić information content (AvgIpc) is 1.52. The summed E-state index contributed by atoms with van der Waals surface area (Å²) in [4.78, 5) is 0. The van der Waals surface area contributed by atoms with Gasteiger partial charge in [-0.05, 0) is 241 Å². The molecule has 16 aromatic carbocycles. The smallest absolute Gasteiger partial charge is 0.135 e. The Labute approximate surface area is 774 Å². The van der Waals surface area contributed by atoms with Gasteiger partial charge in [-0.15, -0.1) is 0 Å². The third-order valence-corrected chi connectivity index (χ3v) is 28.9. The first-order chi connectivity index (χ1) is 65.6. The van der Waals surface area contributed by atoms with Gasteiger partial charge in [-0.2, -0.15) is 0 Å². The largest absolute Gasteiger partial charge is 0.508 e. The summed E-state index contributed by atoms with van der Waals surface area (Å²) in [5.74, 6) is -20.8. The van der Waals surface area contributed by atoms with Gasteiger partial charge in [-0.3, -0.25) is 0 Å². The molecule has 676 valence electrons. The first-order valence-corrected chi connectivity index (χ1v) is 44.3. The van der Waals surface area contributed by atoms with E-state index in [0.29, 0.717) is 77.9 Å². The minimum absolute atomic E-state index is 0.00987. The van der Waals surface area contributed by atoms with Gasteiger partial charge in [0.25, 0.3) is 0 Å². The summed E-state index contributed by atoms with van der Waals surface area (Å²) >= 11 is 0. The number of hydrogen-bond acceptors (Lipinski definition) is 24. The Morgan fingerprint density at radius 1 is 0.176 bits per heavy atom. The van der Waals surface area contributed by atoms with Crippen LogP contribution >= 0.6 is 0 Å². The van der Waals surface area contributed by atoms with Gasteiger partial charge in [-0.1, -0.05) is 97.1 Å². The van der Waals surface area contributed by atoms with E-state index in [2.05, 4.69) is 0 Å². The summed E-state index contributed by atoms with van der Waals surface area (Å²) in [6.07, 6.45) is -4.65. The fourth-order valence-electron chi connectivity index (χ4n) is 23.9. The molecule has 0 aromatic heterocycles. The fraction of sp³-hybridized carbons (Fsp3) is 0.143. The predicted molar refractivity (Wildman–Crippen MR) is 496 cm³/mol. The molecule has 24 heteroatoms. The van der Waals surface area contributed by atoms with E-state index in [1.807, 2.05) is 0 Å². The number of phenols is 20. The van der Waals surface area contributed by atoms with Crippen LogP contribution in [-0.4, -0.2) is 102 Å². The van der Waals surface area contributed by atoms with Crippen molar-refractivity contribution in [3.8, 4) is 138 Å². The Hall–Kier alpha value is -17.3. The Morgan fingerprint density at radius 2 is 0.478 bits per heavy atom. The molecule has 0 spiro atoms. The predicted octanol–water partition coefficient (Wildman–Crippen LogP) is 20.9. The van der Waals surface area contributed by atoms with E-state index in [4.69, 9.17) is 18.9 Å². The van der Waals surface area contributed by atoms with E-state index in [1.165, 1.54) is 170 Å². The summed E-state index contributed by atoms with van der Waals surface area (Å²) in [7, 11) is 0. The second-order valence-corrected chi connectivity index (χ2v) is 36.5. The molecule has 136 heavy (non-hydrogen) atoms. The van der Waals surface area contributed by atoms with Crippen LogP contribution in [0.1, 0.15) is 229 Å². The van der Waals surface area contributed by atoms with Crippen LogP contribution in [-0.2, 0) is 0 Å². The second-order valence-electron chi connectivity index (χ2n) is 36.5. The minimum atomic E-state index is -1.50. The monoisotopic (exact) mass is 1810 g/mol. The quantitative estimate of drug-likeness (QED) is 0.0481. The highest BCUT2D eigenvalue weighted by Crippen LogP contribution is 2.75. The Balaban J connectivity index is 0.882. The molecule has 4 aliphatic heterocycles. The lowest BCUT2D eigenvalue weighted by Gasteiger charge is -2.41. The molecule has 16 atom stereocenters. The third kappa shape index (κ3) is 13.3. The first kappa shape index (κ1) is 83.1. The van der Waals surface area contributed by atoms with Crippen LogP contribution < -0.4 is 18.9 Å². The average molecular weight is 1810 g/mol. The molecule has 0 saturated heterocycles. The molecule has 1 unspecified atom stereocenters. The van der Waals surface area contributed by atoms with Crippen molar-refractivity contribution < 1.29 is 121 Å². The zero-order valence-electron chi connectivity index (χ0n) is 71.5. The zero-order valence-corrected chi connectivity index (χ0v) is 71.5. The summed E-state index contributed by atoms with van der Waals surface area (Å²) in [5.41, 5.74) is 7.63. The summed E-state index contributed by atoms with van der Waals surface area (Å²) in [5, 5.41) is 246. The van der Waals surface area contributed by atoms with Crippen molar-refractivity contribution in [2.24, 2.45) is 0 Å². The van der Waals surface area contributed by atoms with Gasteiger partial charge in [0.1, 0.15) is 162 Å². The molecule has 4 heterocycles. The highest BCUT2D eigenvalue weighted by molar-refractivity contribution is 5.78. The van der Waals surface area contributed by atoms with Crippen molar-refractivity contribution in [2.75, 3.05) is 0 Å². The molecule has 23 rings (SSSR count). The fourth-order valence-corrected chi connectivity index (χ4v) is 23.9. The van der Waals surface area contributed by atoms with E-state index in [9.17, 15) is 97.0 Å². The maximum absolute atomic E-state index is 15.4. The summed E-state index contributed by atoms with van der Waals surface area (Å²) < 4.78 is 29.8. The number of aromatic hydroxyl groups is 20. The van der Waals surface area contributed by atoms with Crippen LogP contribution in [0.3, 0.4) is 0 Å². The summed E-state index contributed by atoms with van der Waals surface area (Å²) in [6, 6.07) is 73.0. The molecule has 20 N–H and O–H groups in total. The molecule has 16 aromatic rings. The first-order valence-electron chi connectivity index (χ1n) is 44.3. The maximum atomic E-state index is 15.4. The molecule has 0 amide bonds. The van der Waals surface area contributed by atoms with Crippen molar-refractivity contribution >= 4 is 0 Å². The van der Waals surface area contributed by atoms with E-state index >= 15 is 5.11 Å². The molecular formula is C112H84O24. The molecular weight excluding hydrogens is 1730 g/mol. The normalized spacial score (nSPS) is 22.2. The Bertz CT molecular complexity index is 7520. The van der Waals surface area contributed by atoms with Crippen LogP contribution in [0.4, 0.5) is 0 Å². The SMILES string of the molecule is Oc1ccc(C(c2c(O)cc3c4c2O[C@H](c2ccc(O)cc2)[C@H]4c2cc(O)cc(O)c2[C@H](c2ccc(O)cc2)[C@H]3[C@H]2c3cc(O)cc4c3[C@H](c3cc(O)cc(O)c3[C@@H]2c2ccc(O)cc2)[C@@H](c2ccc(O)cc2)O4)[C@H]2c3c(c(O)cc4c3[C@@H](c3cc(O)cc(O)c3)[C@H](c3ccc(O)cc3)O4)[C@@H](c3cc(O)cc4c3[C@@H](c3cc(O)cc(O)c3)[C@H](c3ccc(O)cc3)O4)[C@@H]2c2ccc(O)cc2)cc1. The third-order valence-electron chi connectivity index (χ3n) is 28.9. The van der Waals surface area contributed by atoms with E-state index in [1.54, 1.807) is 109 Å². The van der Waals surface area contributed by atoms with Crippen molar-refractivity contribution in [3.63, 3.8) is 0 Å². The second kappa shape index (κ2) is 31.2. The molecule has 3 aliphatic carbocycles. The molecule has 0 radical (unpaired) electrons. The lowest BCUT2D eigenvalue weighted by Crippen LogP contribution is -2.27. The molecule has 24 nitrogen and oxygen atoms in total. The lowest BCUT2D eigenvalue weighted by molar-refractivity contribution is 0.217. The van der Waals surface area contributed by atoms with E-state index < -0.39 is 124 Å². The van der Waals surface area contributed by atoms with Crippen molar-refractivity contribution in [1.29, 1.82) is 0 Å². The molecule has 0 fully saturated rings. The van der Waals surface area contributed by atoms with Crippen LogP contribution in [0, 0.1) is 0 Å². The highest BCUT2D eigenvalue weighted by Gasteiger charge is 2.60. The maximum Gasteiger partial charge on any atom is 0.135 e. The summed E-state index contributed by atoms with van der Waals surface area (Å²) in [6.45, 7) is 0. The lowest BCUT2D eigenvalue weighted by atomic mass is 9.61. The highest BCUT2D eigenvalue weighted by atomic mass is 16.5. The van der Waals surface area contributed by atoms with Gasteiger partial charge in [0.15, 0.2) is 0 Å². The van der Waals surface area contributed by atoms with Gasteiger partial charge < -0.3 is 121 Å². The number of hydrogen-bond donors (Lipinski definition) is 20. The van der Waals surface area contributed by atoms with Crippen molar-refractivity contribution in [1.82, 2.24) is 0 Å². The number of benzene rings is 16. The van der Waals surface area contributed by atoms with Gasteiger partial charge in [-0.25, -0.2) is 0 Å². The van der Waals surface area contributed by atoms with Crippen LogP contribution in [0.25, 0.3) is 0 Å². The number of ether oxygens (including phenoxy) is 4.